The highest BCUT2D eigenvalue weighted by atomic mass is 16.6. The quantitative estimate of drug-likeness (QED) is 0.388. The van der Waals surface area contributed by atoms with E-state index in [-0.39, 0.29) is 17.8 Å². The smallest absolute Gasteiger partial charge is 0.410 e. The maximum atomic E-state index is 12.5. The van der Waals surface area contributed by atoms with Crippen molar-refractivity contribution >= 4 is 22.8 Å². The number of ether oxygens (including phenoxy) is 2. The maximum absolute atomic E-state index is 12.5. The molecule has 2 aromatic rings. The zero-order valence-corrected chi connectivity index (χ0v) is 17.7. The highest BCUT2D eigenvalue weighted by Crippen LogP contribution is 2.24. The fraction of sp³-hybridized carbons (Fsp3) is 0.571. The Morgan fingerprint density at radius 1 is 1.30 bits per heavy atom. The molecule has 1 fully saturated rings. The van der Waals surface area contributed by atoms with E-state index in [0.717, 1.165) is 38.6 Å². The molecule has 1 atom stereocenters. The van der Waals surface area contributed by atoms with Crippen molar-refractivity contribution in [1.29, 1.82) is 0 Å². The van der Waals surface area contributed by atoms with E-state index in [1.54, 1.807) is 6.07 Å². The maximum Gasteiger partial charge on any atom is 0.410 e. The third-order valence-corrected chi connectivity index (χ3v) is 4.90. The van der Waals surface area contributed by atoms with E-state index in [4.69, 9.17) is 9.47 Å². The first-order valence-corrected chi connectivity index (χ1v) is 10.3. The van der Waals surface area contributed by atoms with Crippen LogP contribution in [0.1, 0.15) is 52.9 Å². The van der Waals surface area contributed by atoms with Crippen LogP contribution in [0, 0.1) is 10.1 Å². The molecule has 1 aliphatic rings. The van der Waals surface area contributed by atoms with Gasteiger partial charge in [-0.2, -0.15) is 0 Å². The molecule has 1 aromatic carbocycles. The number of nitro benzene ring substituents is 1. The van der Waals surface area contributed by atoms with Gasteiger partial charge in [0.1, 0.15) is 5.60 Å². The largest absolute Gasteiger partial charge is 0.477 e. The van der Waals surface area contributed by atoms with E-state index in [1.807, 2.05) is 25.7 Å². The summed E-state index contributed by atoms with van der Waals surface area (Å²) in [5, 5.41) is 10.9. The van der Waals surface area contributed by atoms with E-state index in [0.29, 0.717) is 23.5 Å². The molecule has 0 N–H and O–H groups in total. The van der Waals surface area contributed by atoms with Gasteiger partial charge in [-0.1, -0.05) is 0 Å². The summed E-state index contributed by atoms with van der Waals surface area (Å²) < 4.78 is 11.3. The molecule has 0 bridgehead atoms. The second-order valence-corrected chi connectivity index (χ2v) is 8.45. The fourth-order valence-electron chi connectivity index (χ4n) is 3.52. The van der Waals surface area contributed by atoms with Crippen LogP contribution in [-0.4, -0.2) is 50.7 Å². The summed E-state index contributed by atoms with van der Waals surface area (Å²) in [6.45, 7) is 6.80. The number of aromatic nitrogens is 2. The molecule has 0 saturated carbocycles. The van der Waals surface area contributed by atoms with Crippen molar-refractivity contribution in [2.24, 2.45) is 0 Å². The number of fused-ring (bicyclic) bond motifs is 1. The van der Waals surface area contributed by atoms with Crippen LogP contribution in [0.3, 0.4) is 0 Å². The molecule has 9 heteroatoms. The molecule has 1 amide bonds. The lowest BCUT2D eigenvalue weighted by Crippen LogP contribution is -2.46. The van der Waals surface area contributed by atoms with Crippen LogP contribution in [-0.2, 0) is 4.74 Å². The molecule has 30 heavy (non-hydrogen) atoms. The van der Waals surface area contributed by atoms with E-state index >= 15 is 0 Å². The first kappa shape index (κ1) is 21.7. The van der Waals surface area contributed by atoms with Gasteiger partial charge in [-0.3, -0.25) is 10.1 Å². The third-order valence-electron chi connectivity index (χ3n) is 4.90. The summed E-state index contributed by atoms with van der Waals surface area (Å²) in [6, 6.07) is 4.50. The summed E-state index contributed by atoms with van der Waals surface area (Å²) in [4.78, 5) is 33.3. The van der Waals surface area contributed by atoms with Crippen LogP contribution in [0.25, 0.3) is 11.0 Å². The van der Waals surface area contributed by atoms with Gasteiger partial charge in [0.15, 0.2) is 0 Å². The van der Waals surface area contributed by atoms with Gasteiger partial charge in [0.05, 0.1) is 28.8 Å². The Hall–Kier alpha value is -2.97. The van der Waals surface area contributed by atoms with Gasteiger partial charge in [-0.25, -0.2) is 14.8 Å². The zero-order chi connectivity index (χ0) is 21.7. The number of benzene rings is 1. The number of non-ortho nitro benzene ring substituents is 1. The van der Waals surface area contributed by atoms with Gasteiger partial charge >= 0.3 is 6.09 Å². The van der Waals surface area contributed by atoms with Crippen molar-refractivity contribution in [3.05, 3.63) is 34.5 Å². The molecule has 9 nitrogen and oxygen atoms in total. The number of nitro groups is 1. The van der Waals surface area contributed by atoms with Gasteiger partial charge < -0.3 is 14.4 Å². The molecule has 1 aliphatic heterocycles. The number of amides is 1. The molecule has 0 spiro atoms. The highest BCUT2D eigenvalue weighted by molar-refractivity contribution is 5.77. The summed E-state index contributed by atoms with van der Waals surface area (Å²) in [5.41, 5.74) is 0.470. The van der Waals surface area contributed by atoms with Crippen molar-refractivity contribution in [1.82, 2.24) is 14.9 Å². The summed E-state index contributed by atoms with van der Waals surface area (Å²) in [5.74, 6) is 0.379. The number of rotatable bonds is 6. The Balaban J connectivity index is 1.52. The van der Waals surface area contributed by atoms with Crippen LogP contribution in [0.5, 0.6) is 5.88 Å². The number of likely N-dealkylation sites (tertiary alicyclic amines) is 1. The molecule has 0 unspecified atom stereocenters. The number of carbonyl (C=O) groups excluding carboxylic acids is 1. The second kappa shape index (κ2) is 9.23. The number of hydrogen-bond donors (Lipinski definition) is 0. The number of carbonyl (C=O) groups is 1. The zero-order valence-electron chi connectivity index (χ0n) is 17.7. The van der Waals surface area contributed by atoms with E-state index in [9.17, 15) is 14.9 Å². The average molecular weight is 416 g/mol. The first-order valence-electron chi connectivity index (χ1n) is 10.3. The minimum atomic E-state index is -0.503. The number of nitrogens with zero attached hydrogens (tertiary/aromatic N) is 4. The molecule has 3 rings (SSSR count). The Morgan fingerprint density at radius 2 is 2.10 bits per heavy atom. The van der Waals surface area contributed by atoms with Crippen LogP contribution >= 0.6 is 0 Å². The molecule has 0 aliphatic carbocycles. The van der Waals surface area contributed by atoms with Crippen molar-refractivity contribution < 1.29 is 19.2 Å². The van der Waals surface area contributed by atoms with E-state index < -0.39 is 10.5 Å². The lowest BCUT2D eigenvalue weighted by atomic mass is 9.98. The van der Waals surface area contributed by atoms with E-state index in [1.165, 1.54) is 18.3 Å². The second-order valence-electron chi connectivity index (χ2n) is 8.45. The fourth-order valence-corrected chi connectivity index (χ4v) is 3.52. The summed E-state index contributed by atoms with van der Waals surface area (Å²) in [7, 11) is 0. The predicted octanol–water partition coefficient (Wildman–Crippen LogP) is 4.49. The van der Waals surface area contributed by atoms with Gasteiger partial charge in [0, 0.05) is 24.7 Å². The van der Waals surface area contributed by atoms with Crippen LogP contribution in [0.15, 0.2) is 24.4 Å². The molecular formula is C21H28N4O5. The first-order chi connectivity index (χ1) is 14.2. The topological polar surface area (TPSA) is 108 Å². The lowest BCUT2D eigenvalue weighted by Gasteiger charge is -2.36. The van der Waals surface area contributed by atoms with Crippen LogP contribution < -0.4 is 4.74 Å². The van der Waals surface area contributed by atoms with Crippen LogP contribution in [0.4, 0.5) is 10.5 Å². The predicted molar refractivity (Wildman–Crippen MR) is 112 cm³/mol. The standard InChI is InChI=1S/C21H28N4O5/c1-21(2,3)30-20(26)24-11-5-4-7-15(24)8-6-12-29-19-14-22-18-13-16(25(27)28)9-10-17(18)23-19/h9-10,13-15H,4-8,11-12H2,1-3H3/t15-/m1/s1. The van der Waals surface area contributed by atoms with E-state index in [2.05, 4.69) is 9.97 Å². The summed E-state index contributed by atoms with van der Waals surface area (Å²) >= 11 is 0. The molecule has 1 saturated heterocycles. The van der Waals surface area contributed by atoms with Crippen LogP contribution in [0.2, 0.25) is 0 Å². The normalized spacial score (nSPS) is 17.0. The van der Waals surface area contributed by atoms with Crippen molar-refractivity contribution in [2.45, 2.75) is 64.5 Å². The molecule has 2 heterocycles. The molecule has 1 aromatic heterocycles. The third kappa shape index (κ3) is 5.77. The Labute approximate surface area is 175 Å². The van der Waals surface area contributed by atoms with Crippen molar-refractivity contribution in [3.8, 4) is 5.88 Å². The molecular weight excluding hydrogens is 388 g/mol. The molecule has 0 radical (unpaired) electrons. The number of hydrogen-bond acceptors (Lipinski definition) is 7. The average Bonchev–Trinajstić information content (AvgIpc) is 2.69. The highest BCUT2D eigenvalue weighted by Gasteiger charge is 2.30. The van der Waals surface area contributed by atoms with Gasteiger partial charge in [-0.05, 0) is 58.9 Å². The lowest BCUT2D eigenvalue weighted by molar-refractivity contribution is -0.384. The summed E-state index contributed by atoms with van der Waals surface area (Å²) in [6.07, 6.45) is 5.89. The minimum absolute atomic E-state index is 0.0208. The van der Waals surface area contributed by atoms with Crippen molar-refractivity contribution in [3.63, 3.8) is 0 Å². The Bertz CT molecular complexity index is 912. The van der Waals surface area contributed by atoms with Crippen molar-refractivity contribution in [2.75, 3.05) is 13.2 Å². The Kier molecular flexibility index (Phi) is 6.69. The number of piperidine rings is 1. The monoisotopic (exact) mass is 416 g/mol. The van der Waals surface area contributed by atoms with Gasteiger partial charge in [0.2, 0.25) is 5.88 Å². The van der Waals surface area contributed by atoms with Gasteiger partial charge in [0.25, 0.3) is 5.69 Å². The minimum Gasteiger partial charge on any atom is -0.477 e. The SMILES string of the molecule is CC(C)(C)OC(=O)N1CCCC[C@@H]1CCCOc1cnc2cc([N+](=O)[O-])ccc2n1. The molecule has 162 valence electrons. The van der Waals surface area contributed by atoms with Gasteiger partial charge in [-0.15, -0.1) is 0 Å². The Morgan fingerprint density at radius 3 is 2.83 bits per heavy atom.